The van der Waals surface area contributed by atoms with E-state index in [1.165, 1.54) is 0 Å². The topological polar surface area (TPSA) is 107 Å². The van der Waals surface area contributed by atoms with Crippen molar-refractivity contribution in [3.05, 3.63) is 70.8 Å². The van der Waals surface area contributed by atoms with Crippen LogP contribution >= 0.6 is 0 Å². The van der Waals surface area contributed by atoms with Gasteiger partial charge in [-0.25, -0.2) is 0 Å². The quantitative estimate of drug-likeness (QED) is 0.230. The van der Waals surface area contributed by atoms with Crippen LogP contribution in [-0.4, -0.2) is 48.0 Å². The number of hydrogen-bond donors (Lipinski definition) is 1. The lowest BCUT2D eigenvalue weighted by molar-refractivity contribution is -0.270. The Kier molecular flexibility index (Phi) is 6.38. The smallest absolute Gasteiger partial charge is 0.432 e. The Hall–Kier alpha value is -3.06. The average molecular weight is 641 g/mol. The van der Waals surface area contributed by atoms with Crippen LogP contribution in [0.15, 0.2) is 48.5 Å². The highest BCUT2D eigenvalue weighted by Gasteiger charge is 2.69. The van der Waals surface area contributed by atoms with Gasteiger partial charge in [-0.3, -0.25) is 14.1 Å². The third-order valence-electron chi connectivity index (χ3n) is 10.5. The highest BCUT2D eigenvalue weighted by molar-refractivity contribution is 7.86. The number of rotatable bonds is 6. The fraction of sp³-hybridized carbons (Fsp3) is 0.548. The van der Waals surface area contributed by atoms with Crippen molar-refractivity contribution >= 4 is 22.1 Å². The van der Waals surface area contributed by atoms with Crippen LogP contribution in [0.5, 0.6) is 0 Å². The number of esters is 2. The van der Waals surface area contributed by atoms with Gasteiger partial charge in [-0.05, 0) is 72.6 Å². The molecule has 4 atom stereocenters. The summed E-state index contributed by atoms with van der Waals surface area (Å²) in [6.45, 7) is 0. The average Bonchev–Trinajstić information content (AvgIpc) is 2.93. The Labute approximate surface area is 249 Å². The van der Waals surface area contributed by atoms with Crippen molar-refractivity contribution < 1.29 is 54.0 Å². The SMILES string of the molecule is O=C(OC12CC3CC(C1)CC(C(=O)OC(C(F)(F)F)C(F)(F)S(=O)(=O)O)(C3)C2)C1CC2c3ccccc3C1c1ccccc12. The van der Waals surface area contributed by atoms with E-state index >= 15 is 0 Å². The van der Waals surface area contributed by atoms with Gasteiger partial charge < -0.3 is 9.47 Å². The standard InChI is InChI=1S/C31H29F5O7S/c32-30(33,34)26(31(35,36)44(39,40)41)42-27(38)28-11-16-9-17(12-28)14-29(13-16,15-28)43-25(37)23-10-22-18-5-1-3-7-20(18)24(23)21-8-4-2-6-19(21)22/h1-8,16-17,22-24,26H,9-15H2,(H,39,40,41). The van der Waals surface area contributed by atoms with Gasteiger partial charge in [-0.1, -0.05) is 48.5 Å². The van der Waals surface area contributed by atoms with Gasteiger partial charge in [-0.15, -0.1) is 0 Å². The predicted octanol–water partition coefficient (Wildman–Crippen LogP) is 6.12. The monoisotopic (exact) mass is 640 g/mol. The molecule has 0 radical (unpaired) electrons. The number of carbonyl (C=O) groups excluding carboxylic acids is 2. The summed E-state index contributed by atoms with van der Waals surface area (Å²) in [5.41, 5.74) is 1.50. The van der Waals surface area contributed by atoms with Gasteiger partial charge in [-0.2, -0.15) is 30.4 Å². The molecular formula is C31H29F5O7S. The van der Waals surface area contributed by atoms with Crippen molar-refractivity contribution in [1.29, 1.82) is 0 Å². The highest BCUT2D eigenvalue weighted by atomic mass is 32.2. The molecule has 6 bridgehead atoms. The lowest BCUT2D eigenvalue weighted by Gasteiger charge is -2.60. The van der Waals surface area contributed by atoms with Crippen LogP contribution in [-0.2, 0) is 29.2 Å². The second kappa shape index (κ2) is 9.48. The summed E-state index contributed by atoms with van der Waals surface area (Å²) in [5.74, 6) is -3.38. The molecule has 0 aromatic heterocycles. The van der Waals surface area contributed by atoms with Gasteiger partial charge in [0.05, 0.1) is 11.3 Å². The van der Waals surface area contributed by atoms with Crippen LogP contribution in [0.3, 0.4) is 0 Å². The molecule has 7 nitrogen and oxygen atoms in total. The summed E-state index contributed by atoms with van der Waals surface area (Å²) in [6, 6.07) is 15.8. The van der Waals surface area contributed by atoms with Gasteiger partial charge >= 0.3 is 33.5 Å². The van der Waals surface area contributed by atoms with Gasteiger partial charge in [0, 0.05) is 18.3 Å². The Bertz CT molecular complexity index is 1590. The van der Waals surface area contributed by atoms with Gasteiger partial charge in [0.2, 0.25) is 0 Å². The van der Waals surface area contributed by atoms with Gasteiger partial charge in [0.1, 0.15) is 5.60 Å². The molecule has 0 amide bonds. The molecular weight excluding hydrogens is 611 g/mol. The van der Waals surface area contributed by atoms with Crippen LogP contribution in [0.1, 0.15) is 79.0 Å². The zero-order valence-corrected chi connectivity index (χ0v) is 24.0. The normalized spacial score (nSPS) is 34.2. The zero-order chi connectivity index (χ0) is 31.4. The maximum absolute atomic E-state index is 14.3. The lowest BCUT2D eigenvalue weighted by atomic mass is 9.48. The second-order valence-electron chi connectivity index (χ2n) is 13.3. The number of halogens is 5. The predicted molar refractivity (Wildman–Crippen MR) is 143 cm³/mol. The van der Waals surface area contributed by atoms with E-state index < -0.39 is 56.5 Å². The van der Waals surface area contributed by atoms with E-state index in [1.54, 1.807) is 0 Å². The summed E-state index contributed by atoms with van der Waals surface area (Å²) in [6.07, 6.45) is -8.64. The van der Waals surface area contributed by atoms with E-state index in [9.17, 15) is 40.0 Å². The molecule has 7 aliphatic rings. The van der Waals surface area contributed by atoms with Crippen molar-refractivity contribution in [2.75, 3.05) is 0 Å². The highest BCUT2D eigenvalue weighted by Crippen LogP contribution is 2.64. The van der Waals surface area contributed by atoms with Crippen LogP contribution in [0.25, 0.3) is 0 Å². The van der Waals surface area contributed by atoms with Crippen LogP contribution in [0.2, 0.25) is 0 Å². The minimum absolute atomic E-state index is 0.0218. The fourth-order valence-electron chi connectivity index (χ4n) is 9.39. The van der Waals surface area contributed by atoms with Crippen molar-refractivity contribution in [3.63, 3.8) is 0 Å². The number of hydrogen-bond acceptors (Lipinski definition) is 6. The van der Waals surface area contributed by atoms with Crippen molar-refractivity contribution in [3.8, 4) is 0 Å². The van der Waals surface area contributed by atoms with Crippen LogP contribution < -0.4 is 0 Å². The first-order valence-corrected chi connectivity index (χ1v) is 16.0. The van der Waals surface area contributed by atoms with Gasteiger partial charge in [0.25, 0.3) is 6.10 Å². The molecule has 7 aliphatic carbocycles. The third-order valence-corrected chi connectivity index (χ3v) is 11.4. The van der Waals surface area contributed by atoms with Crippen molar-refractivity contribution in [1.82, 2.24) is 0 Å². The first kappa shape index (κ1) is 29.6. The number of ether oxygens (including phenoxy) is 2. The first-order valence-electron chi connectivity index (χ1n) is 14.6. The van der Waals surface area contributed by atoms with Crippen molar-refractivity contribution in [2.24, 2.45) is 23.2 Å². The van der Waals surface area contributed by atoms with Crippen LogP contribution in [0.4, 0.5) is 22.0 Å². The molecule has 0 aliphatic heterocycles. The Morgan fingerprint density at radius 3 is 1.86 bits per heavy atom. The van der Waals surface area contributed by atoms with Crippen LogP contribution in [0, 0.1) is 23.2 Å². The van der Waals surface area contributed by atoms with Crippen molar-refractivity contribution in [2.45, 2.75) is 79.9 Å². The molecule has 4 unspecified atom stereocenters. The molecule has 4 saturated carbocycles. The van der Waals surface area contributed by atoms with E-state index in [1.807, 2.05) is 36.4 Å². The molecule has 1 N–H and O–H groups in total. The Morgan fingerprint density at radius 1 is 0.841 bits per heavy atom. The summed E-state index contributed by atoms with van der Waals surface area (Å²) in [7, 11) is -6.57. The second-order valence-corrected chi connectivity index (χ2v) is 14.8. The molecule has 0 heterocycles. The minimum atomic E-state index is -6.57. The van der Waals surface area contributed by atoms with E-state index in [2.05, 4.69) is 16.9 Å². The molecule has 44 heavy (non-hydrogen) atoms. The maximum Gasteiger partial charge on any atom is 0.432 e. The first-order chi connectivity index (χ1) is 20.5. The fourth-order valence-corrected chi connectivity index (χ4v) is 9.84. The van der Waals surface area contributed by atoms with E-state index in [0.29, 0.717) is 25.7 Å². The Morgan fingerprint density at radius 2 is 1.36 bits per heavy atom. The largest absolute Gasteiger partial charge is 0.459 e. The Balaban J connectivity index is 1.17. The third kappa shape index (κ3) is 4.39. The number of alkyl halides is 5. The van der Waals surface area contributed by atoms with Gasteiger partial charge in [0.15, 0.2) is 0 Å². The number of carbonyl (C=O) groups is 2. The van der Waals surface area contributed by atoms with E-state index in [-0.39, 0.29) is 42.9 Å². The minimum Gasteiger partial charge on any atom is -0.459 e. The molecule has 0 saturated heterocycles. The molecule has 0 spiro atoms. The summed E-state index contributed by atoms with van der Waals surface area (Å²) in [4.78, 5) is 27.4. The zero-order valence-electron chi connectivity index (χ0n) is 23.2. The molecule has 4 fully saturated rings. The molecule has 2 aromatic carbocycles. The lowest BCUT2D eigenvalue weighted by Crippen LogP contribution is -2.62. The molecule has 9 rings (SSSR count). The molecule has 236 valence electrons. The number of benzene rings is 2. The molecule has 2 aromatic rings. The number of fused-ring (bicyclic) bond motifs is 1. The van der Waals surface area contributed by atoms with E-state index in [4.69, 9.17) is 9.29 Å². The molecule has 13 heteroatoms. The summed E-state index contributed by atoms with van der Waals surface area (Å²) < 4.78 is 111. The summed E-state index contributed by atoms with van der Waals surface area (Å²) in [5, 5.41) is -5.82. The van der Waals surface area contributed by atoms with E-state index in [0.717, 1.165) is 22.3 Å². The summed E-state index contributed by atoms with van der Waals surface area (Å²) >= 11 is 0. The maximum atomic E-state index is 14.3.